The molecule has 4 heteroatoms. The topological polar surface area (TPSA) is 25.2 Å². The van der Waals surface area contributed by atoms with E-state index in [9.17, 15) is 5.11 Å². The van der Waals surface area contributed by atoms with Crippen molar-refractivity contribution in [3.8, 4) is 0 Å². The minimum atomic E-state index is 0.0559. The summed E-state index contributed by atoms with van der Waals surface area (Å²) in [4.78, 5) is 0. The number of aromatic nitrogens is 1. The summed E-state index contributed by atoms with van der Waals surface area (Å²) in [5.74, 6) is 0. The molecule has 0 fully saturated rings. The van der Waals surface area contributed by atoms with Gasteiger partial charge >= 0.3 is 0 Å². The van der Waals surface area contributed by atoms with Gasteiger partial charge in [0.25, 0.3) is 0 Å². The van der Waals surface area contributed by atoms with Gasteiger partial charge in [-0.15, -0.1) is 0 Å². The lowest BCUT2D eigenvalue weighted by Gasteiger charge is -2.09. The Kier molecular flexibility index (Phi) is 3.83. The highest BCUT2D eigenvalue weighted by Gasteiger charge is 2.07. The van der Waals surface area contributed by atoms with Gasteiger partial charge in [-0.05, 0) is 35.4 Å². The smallest absolute Gasteiger partial charge is 0.0688 e. The molecule has 1 heterocycles. The molecule has 0 unspecified atom stereocenters. The van der Waals surface area contributed by atoms with E-state index in [0.29, 0.717) is 6.54 Å². The zero-order valence-corrected chi connectivity index (χ0v) is 13.0. The Balaban J connectivity index is 2.03. The number of hydrogen-bond acceptors (Lipinski definition) is 1. The molecule has 3 rings (SSSR count). The van der Waals surface area contributed by atoms with Crippen LogP contribution in [0.4, 0.5) is 0 Å². The van der Waals surface area contributed by atoms with Crippen LogP contribution >= 0.6 is 27.5 Å². The minimum absolute atomic E-state index is 0.0559. The van der Waals surface area contributed by atoms with Crippen molar-refractivity contribution in [1.82, 2.24) is 4.57 Å². The van der Waals surface area contributed by atoms with Crippen molar-refractivity contribution in [2.75, 3.05) is 0 Å². The molecule has 102 valence electrons. The average molecular weight is 351 g/mol. The molecular weight excluding hydrogens is 338 g/mol. The van der Waals surface area contributed by atoms with Gasteiger partial charge < -0.3 is 9.67 Å². The highest BCUT2D eigenvalue weighted by atomic mass is 79.9. The van der Waals surface area contributed by atoms with E-state index in [1.165, 1.54) is 0 Å². The summed E-state index contributed by atoms with van der Waals surface area (Å²) in [6.07, 6.45) is 2.03. The normalized spacial score (nSPS) is 11.2. The van der Waals surface area contributed by atoms with E-state index in [1.807, 2.05) is 42.6 Å². The molecule has 0 bridgehead atoms. The van der Waals surface area contributed by atoms with Crippen LogP contribution < -0.4 is 0 Å². The maximum absolute atomic E-state index is 9.37. The fraction of sp³-hybridized carbons (Fsp3) is 0.125. The van der Waals surface area contributed by atoms with Gasteiger partial charge in [0, 0.05) is 33.1 Å². The van der Waals surface area contributed by atoms with Crippen LogP contribution in [0.1, 0.15) is 11.1 Å². The molecular formula is C16H13BrClNO. The molecule has 1 aromatic heterocycles. The van der Waals surface area contributed by atoms with Crippen LogP contribution in [0.25, 0.3) is 10.9 Å². The van der Waals surface area contributed by atoms with Crippen molar-refractivity contribution in [3.63, 3.8) is 0 Å². The molecule has 2 nitrogen and oxygen atoms in total. The third kappa shape index (κ3) is 2.49. The van der Waals surface area contributed by atoms with Crippen LogP contribution in [0, 0.1) is 0 Å². The van der Waals surface area contributed by atoms with E-state index >= 15 is 0 Å². The maximum atomic E-state index is 9.37. The van der Waals surface area contributed by atoms with Crippen LogP contribution in [0.15, 0.2) is 53.1 Å². The van der Waals surface area contributed by atoms with Crippen molar-refractivity contribution in [2.45, 2.75) is 13.2 Å². The molecule has 3 aromatic rings. The lowest BCUT2D eigenvalue weighted by Crippen LogP contribution is -1.98. The number of nitrogens with zero attached hydrogens (tertiary/aromatic N) is 1. The van der Waals surface area contributed by atoms with E-state index in [1.54, 1.807) is 0 Å². The van der Waals surface area contributed by atoms with E-state index < -0.39 is 0 Å². The molecule has 0 aliphatic rings. The lowest BCUT2D eigenvalue weighted by atomic mass is 10.1. The second-order valence-corrected chi connectivity index (χ2v) is 6.01. The van der Waals surface area contributed by atoms with Crippen LogP contribution in [0.5, 0.6) is 0 Å². The van der Waals surface area contributed by atoms with E-state index in [-0.39, 0.29) is 6.61 Å². The molecule has 0 spiro atoms. The Hall–Kier alpha value is -1.29. The molecule has 2 aromatic carbocycles. The van der Waals surface area contributed by atoms with Crippen LogP contribution in [0.3, 0.4) is 0 Å². The quantitative estimate of drug-likeness (QED) is 0.734. The summed E-state index contributed by atoms with van der Waals surface area (Å²) in [6, 6.07) is 13.9. The first kappa shape index (κ1) is 13.7. The van der Waals surface area contributed by atoms with Gasteiger partial charge in [0.05, 0.1) is 6.61 Å². The number of aliphatic hydroxyl groups is 1. The third-order valence-electron chi connectivity index (χ3n) is 3.43. The fourth-order valence-corrected chi connectivity index (χ4v) is 3.13. The highest BCUT2D eigenvalue weighted by Crippen LogP contribution is 2.25. The van der Waals surface area contributed by atoms with Crippen LogP contribution in [-0.4, -0.2) is 9.67 Å². The molecule has 0 saturated heterocycles. The summed E-state index contributed by atoms with van der Waals surface area (Å²) in [5.41, 5.74) is 3.13. The monoisotopic (exact) mass is 349 g/mol. The predicted molar refractivity (Wildman–Crippen MR) is 86.1 cm³/mol. The Morgan fingerprint density at radius 1 is 1.10 bits per heavy atom. The molecule has 0 aliphatic carbocycles. The summed E-state index contributed by atoms with van der Waals surface area (Å²) < 4.78 is 3.12. The van der Waals surface area contributed by atoms with E-state index in [2.05, 4.69) is 26.6 Å². The Bertz CT molecular complexity index is 766. The highest BCUT2D eigenvalue weighted by molar-refractivity contribution is 9.10. The maximum Gasteiger partial charge on any atom is 0.0688 e. The summed E-state index contributed by atoms with van der Waals surface area (Å²) in [6.45, 7) is 0.769. The molecule has 0 aliphatic heterocycles. The first-order valence-electron chi connectivity index (χ1n) is 6.30. The average Bonchev–Trinajstić information content (AvgIpc) is 2.85. The standard InChI is InChI=1S/C16H13BrClNO/c17-13-5-4-11(15(18)8-13)9-19-7-6-14-12(10-20)2-1-3-16(14)19/h1-8,20H,9-10H2. The first-order chi connectivity index (χ1) is 9.69. The molecule has 20 heavy (non-hydrogen) atoms. The molecule has 0 amide bonds. The van der Waals surface area contributed by atoms with Crippen molar-refractivity contribution >= 4 is 38.4 Å². The van der Waals surface area contributed by atoms with Gasteiger partial charge in [0.15, 0.2) is 0 Å². The van der Waals surface area contributed by atoms with Gasteiger partial charge in [-0.3, -0.25) is 0 Å². The Labute approximate surface area is 130 Å². The van der Waals surface area contributed by atoms with Crippen molar-refractivity contribution in [2.24, 2.45) is 0 Å². The number of rotatable bonds is 3. The van der Waals surface area contributed by atoms with Gasteiger partial charge in [-0.1, -0.05) is 45.7 Å². The third-order valence-corrected chi connectivity index (χ3v) is 4.28. The van der Waals surface area contributed by atoms with Crippen molar-refractivity contribution < 1.29 is 5.11 Å². The molecule has 0 radical (unpaired) electrons. The number of hydrogen-bond donors (Lipinski definition) is 1. The zero-order valence-electron chi connectivity index (χ0n) is 10.7. The van der Waals surface area contributed by atoms with E-state index in [4.69, 9.17) is 11.6 Å². The largest absolute Gasteiger partial charge is 0.392 e. The van der Waals surface area contributed by atoms with Crippen LogP contribution in [-0.2, 0) is 13.2 Å². The second-order valence-electron chi connectivity index (χ2n) is 4.69. The van der Waals surface area contributed by atoms with E-state index in [0.717, 1.165) is 31.5 Å². The number of halogens is 2. The number of aliphatic hydroxyl groups excluding tert-OH is 1. The van der Waals surface area contributed by atoms with Gasteiger partial charge in [0.1, 0.15) is 0 Å². The molecule has 1 N–H and O–H groups in total. The predicted octanol–water partition coefficient (Wildman–Crippen LogP) is 4.60. The minimum Gasteiger partial charge on any atom is -0.392 e. The van der Waals surface area contributed by atoms with Gasteiger partial charge in [0.2, 0.25) is 0 Å². The van der Waals surface area contributed by atoms with Gasteiger partial charge in [-0.25, -0.2) is 0 Å². The number of benzene rings is 2. The van der Waals surface area contributed by atoms with Crippen LogP contribution in [0.2, 0.25) is 5.02 Å². The van der Waals surface area contributed by atoms with Crippen molar-refractivity contribution in [3.05, 3.63) is 69.3 Å². The SMILES string of the molecule is OCc1cccc2c1ccn2Cc1ccc(Br)cc1Cl. The second kappa shape index (κ2) is 5.60. The number of fused-ring (bicyclic) bond motifs is 1. The Morgan fingerprint density at radius 3 is 2.70 bits per heavy atom. The lowest BCUT2D eigenvalue weighted by molar-refractivity contribution is 0.283. The first-order valence-corrected chi connectivity index (χ1v) is 7.47. The van der Waals surface area contributed by atoms with Crippen molar-refractivity contribution in [1.29, 1.82) is 0 Å². The zero-order chi connectivity index (χ0) is 14.1. The molecule has 0 saturated carbocycles. The summed E-state index contributed by atoms with van der Waals surface area (Å²) >= 11 is 9.69. The molecule has 0 atom stereocenters. The Morgan fingerprint density at radius 2 is 1.95 bits per heavy atom. The van der Waals surface area contributed by atoms with Gasteiger partial charge in [-0.2, -0.15) is 0 Å². The summed E-state index contributed by atoms with van der Waals surface area (Å²) in [5, 5.41) is 11.2. The fourth-order valence-electron chi connectivity index (χ4n) is 2.40. The summed E-state index contributed by atoms with van der Waals surface area (Å²) in [7, 11) is 0.